The van der Waals surface area contributed by atoms with E-state index in [0.717, 1.165) is 48.9 Å². The van der Waals surface area contributed by atoms with E-state index in [4.69, 9.17) is 4.74 Å². The van der Waals surface area contributed by atoms with Gasteiger partial charge in [-0.15, -0.1) is 0 Å². The fraction of sp³-hybridized carbons (Fsp3) is 1.00. The molecule has 8 atom stereocenters. The van der Waals surface area contributed by atoms with Gasteiger partial charge in [-0.05, 0) is 111 Å². The summed E-state index contributed by atoms with van der Waals surface area (Å²) < 4.78 is 5.22. The van der Waals surface area contributed by atoms with Crippen LogP contribution in [0.15, 0.2) is 0 Å². The molecule has 1 aliphatic heterocycles. The fourth-order valence-corrected chi connectivity index (χ4v) is 8.98. The van der Waals surface area contributed by atoms with Gasteiger partial charge in [0.05, 0.1) is 19.3 Å². The van der Waals surface area contributed by atoms with Gasteiger partial charge in [0.2, 0.25) is 0 Å². The maximum atomic E-state index is 10.3. The molecule has 5 aliphatic rings. The van der Waals surface area contributed by atoms with Gasteiger partial charge in [0.1, 0.15) is 5.60 Å². The van der Waals surface area contributed by atoms with E-state index in [1.54, 1.807) is 0 Å². The number of aliphatic hydroxyl groups is 2. The van der Waals surface area contributed by atoms with E-state index in [1.807, 2.05) is 0 Å². The first kappa shape index (κ1) is 19.8. The van der Waals surface area contributed by atoms with Crippen molar-refractivity contribution in [3.8, 4) is 0 Å². The highest BCUT2D eigenvalue weighted by atomic mass is 16.5. The summed E-state index contributed by atoms with van der Waals surface area (Å²) >= 11 is 0. The van der Waals surface area contributed by atoms with Gasteiger partial charge in [-0.1, -0.05) is 20.3 Å². The normalized spacial score (nSPS) is 52.3. The van der Waals surface area contributed by atoms with Crippen molar-refractivity contribution >= 4 is 0 Å². The maximum absolute atomic E-state index is 10.3. The number of hydrogen-bond donors (Lipinski definition) is 2. The van der Waals surface area contributed by atoms with Gasteiger partial charge in [-0.2, -0.15) is 0 Å². The Hall–Kier alpha value is -0.120. The lowest BCUT2D eigenvalue weighted by atomic mass is 9.44. The lowest BCUT2D eigenvalue weighted by molar-refractivity contribution is -0.182. The van der Waals surface area contributed by atoms with Crippen LogP contribution in [0.25, 0.3) is 0 Å². The van der Waals surface area contributed by atoms with Crippen molar-refractivity contribution in [2.24, 2.45) is 40.4 Å². The molecule has 3 heteroatoms. The van der Waals surface area contributed by atoms with Crippen LogP contribution < -0.4 is 0 Å². The van der Waals surface area contributed by atoms with Gasteiger partial charge in [-0.25, -0.2) is 0 Å². The zero-order valence-electron chi connectivity index (χ0n) is 18.2. The molecule has 0 aromatic carbocycles. The lowest BCUT2D eigenvalue weighted by Gasteiger charge is -2.61. The summed E-state index contributed by atoms with van der Waals surface area (Å²) in [5.41, 5.74) is 0.529. The van der Waals surface area contributed by atoms with Crippen LogP contribution in [0.4, 0.5) is 0 Å². The van der Waals surface area contributed by atoms with Crippen LogP contribution in [0.5, 0.6) is 0 Å². The molecule has 1 heterocycles. The lowest BCUT2D eigenvalue weighted by Crippen LogP contribution is -2.54. The third kappa shape index (κ3) is 3.02. The minimum atomic E-state index is -0.505. The third-order valence-corrected chi connectivity index (χ3v) is 10.8. The molecule has 5 fully saturated rings. The van der Waals surface area contributed by atoms with Gasteiger partial charge in [0.25, 0.3) is 0 Å². The Bertz CT molecular complexity index is 586. The zero-order chi connectivity index (χ0) is 19.6. The summed E-state index contributed by atoms with van der Waals surface area (Å²) in [5, 5.41) is 20.6. The Morgan fingerprint density at radius 2 is 1.64 bits per heavy atom. The molecule has 0 aromatic rings. The number of hydrogen-bond acceptors (Lipinski definition) is 3. The molecule has 2 N–H and O–H groups in total. The Kier molecular flexibility index (Phi) is 4.92. The van der Waals surface area contributed by atoms with Crippen molar-refractivity contribution in [3.63, 3.8) is 0 Å². The minimum absolute atomic E-state index is 0.0322. The molecule has 0 amide bonds. The average Bonchev–Trinajstić information content (AvgIpc) is 2.97. The molecule has 1 saturated heterocycles. The van der Waals surface area contributed by atoms with E-state index in [9.17, 15) is 10.2 Å². The molecule has 3 nitrogen and oxygen atoms in total. The van der Waals surface area contributed by atoms with E-state index in [1.165, 1.54) is 57.8 Å². The van der Waals surface area contributed by atoms with Crippen molar-refractivity contribution in [2.75, 3.05) is 13.2 Å². The van der Waals surface area contributed by atoms with Crippen molar-refractivity contribution in [1.82, 2.24) is 0 Å². The van der Waals surface area contributed by atoms with Crippen LogP contribution in [0.1, 0.15) is 90.9 Å². The number of ether oxygens (including phenoxy) is 1. The van der Waals surface area contributed by atoms with Crippen LogP contribution in [-0.4, -0.2) is 35.1 Å². The van der Waals surface area contributed by atoms with Gasteiger partial charge in [0.15, 0.2) is 0 Å². The summed E-state index contributed by atoms with van der Waals surface area (Å²) in [5.74, 6) is 4.40. The molecule has 0 radical (unpaired) electrons. The maximum Gasteiger partial charge on any atom is 0.111 e. The van der Waals surface area contributed by atoms with E-state index in [0.29, 0.717) is 24.0 Å². The van der Waals surface area contributed by atoms with Crippen LogP contribution >= 0.6 is 0 Å². The summed E-state index contributed by atoms with van der Waals surface area (Å²) in [6, 6.07) is 0. The molecule has 0 bridgehead atoms. The molecule has 28 heavy (non-hydrogen) atoms. The second-order valence-electron chi connectivity index (χ2n) is 12.0. The summed E-state index contributed by atoms with van der Waals surface area (Å²) in [4.78, 5) is 0. The Morgan fingerprint density at radius 1 is 0.893 bits per heavy atom. The second kappa shape index (κ2) is 6.95. The first-order chi connectivity index (χ1) is 13.3. The number of aliphatic hydroxyl groups excluding tert-OH is 1. The SMILES string of the molecule is CC12CCC(O)CC1CCC1C2CC[C@@]2(C)C1CC[C@@H]2CCCC1(O)COC1. The molecule has 0 spiro atoms. The predicted molar refractivity (Wildman–Crippen MR) is 111 cm³/mol. The molecule has 5 rings (SSSR count). The van der Waals surface area contributed by atoms with E-state index in [-0.39, 0.29) is 6.10 Å². The smallest absolute Gasteiger partial charge is 0.111 e. The first-order valence-corrected chi connectivity index (χ1v) is 12.3. The highest BCUT2D eigenvalue weighted by molar-refractivity contribution is 5.09. The quantitative estimate of drug-likeness (QED) is 0.715. The van der Waals surface area contributed by atoms with Gasteiger partial charge in [-0.3, -0.25) is 0 Å². The van der Waals surface area contributed by atoms with Crippen molar-refractivity contribution in [2.45, 2.75) is 103 Å². The van der Waals surface area contributed by atoms with Gasteiger partial charge in [0, 0.05) is 0 Å². The first-order valence-electron chi connectivity index (χ1n) is 12.3. The molecular formula is C25H42O3. The largest absolute Gasteiger partial charge is 0.393 e. The predicted octanol–water partition coefficient (Wildman–Crippen LogP) is 4.94. The second-order valence-corrected chi connectivity index (χ2v) is 12.0. The molecule has 4 saturated carbocycles. The summed E-state index contributed by atoms with van der Waals surface area (Å²) in [6.07, 6.45) is 15.2. The average molecular weight is 391 g/mol. The Morgan fingerprint density at radius 3 is 2.39 bits per heavy atom. The van der Waals surface area contributed by atoms with E-state index < -0.39 is 5.60 Å². The van der Waals surface area contributed by atoms with E-state index >= 15 is 0 Å². The van der Waals surface area contributed by atoms with Crippen molar-refractivity contribution < 1.29 is 14.9 Å². The van der Waals surface area contributed by atoms with Crippen LogP contribution in [-0.2, 0) is 4.74 Å². The van der Waals surface area contributed by atoms with Crippen LogP contribution in [0.2, 0.25) is 0 Å². The van der Waals surface area contributed by atoms with Crippen LogP contribution in [0.3, 0.4) is 0 Å². The molecular weight excluding hydrogens is 348 g/mol. The third-order valence-electron chi connectivity index (χ3n) is 10.8. The standard InChI is InChI=1S/C25H42O3/c1-23-13-10-22-20(7-5-18-14-19(26)9-12-24(18,22)2)21(23)8-6-17(23)4-3-11-25(27)15-28-16-25/h17-22,26-27H,3-16H2,1-2H3/t17-,18?,19?,20?,21?,22?,23+,24?/m0/s1. The van der Waals surface area contributed by atoms with Gasteiger partial charge >= 0.3 is 0 Å². The highest BCUT2D eigenvalue weighted by Gasteiger charge is 2.59. The monoisotopic (exact) mass is 390 g/mol. The molecule has 6 unspecified atom stereocenters. The van der Waals surface area contributed by atoms with Crippen LogP contribution in [0, 0.1) is 40.4 Å². The van der Waals surface area contributed by atoms with Crippen molar-refractivity contribution in [3.05, 3.63) is 0 Å². The van der Waals surface area contributed by atoms with E-state index in [2.05, 4.69) is 13.8 Å². The minimum Gasteiger partial charge on any atom is -0.393 e. The highest BCUT2D eigenvalue weighted by Crippen LogP contribution is 2.67. The molecule has 160 valence electrons. The Balaban J connectivity index is 1.26. The van der Waals surface area contributed by atoms with Crippen molar-refractivity contribution in [1.29, 1.82) is 0 Å². The van der Waals surface area contributed by atoms with Gasteiger partial charge < -0.3 is 14.9 Å². The number of fused-ring (bicyclic) bond motifs is 5. The summed E-state index contributed by atoms with van der Waals surface area (Å²) in [7, 11) is 0. The zero-order valence-corrected chi connectivity index (χ0v) is 18.2. The molecule has 4 aliphatic carbocycles. The number of rotatable bonds is 4. The topological polar surface area (TPSA) is 49.7 Å². The Labute approximate surface area is 171 Å². The summed E-state index contributed by atoms with van der Waals surface area (Å²) in [6.45, 7) is 6.33. The molecule has 0 aromatic heterocycles. The fourth-order valence-electron chi connectivity index (χ4n) is 8.98.